The summed E-state index contributed by atoms with van der Waals surface area (Å²) < 4.78 is 0. The number of hydrogen-bond donors (Lipinski definition) is 1. The predicted octanol–water partition coefficient (Wildman–Crippen LogP) is 2.55. The van der Waals surface area contributed by atoms with Crippen LogP contribution in [0.1, 0.15) is 46.5 Å². The zero-order valence-corrected chi connectivity index (χ0v) is 12.8. The van der Waals surface area contributed by atoms with Crippen molar-refractivity contribution in [1.82, 2.24) is 15.1 Å². The van der Waals surface area contributed by atoms with Crippen molar-refractivity contribution < 1.29 is 4.79 Å². The molecule has 2 amide bonds. The molecule has 0 heterocycles. The molecular formula is C14H31N3O. The van der Waals surface area contributed by atoms with Crippen molar-refractivity contribution >= 4 is 6.03 Å². The Morgan fingerprint density at radius 3 is 2.33 bits per heavy atom. The van der Waals surface area contributed by atoms with Crippen LogP contribution < -0.4 is 5.32 Å². The largest absolute Gasteiger partial charge is 0.338 e. The molecular weight excluding hydrogens is 226 g/mol. The van der Waals surface area contributed by atoms with Crippen LogP contribution in [0.3, 0.4) is 0 Å². The third kappa shape index (κ3) is 8.34. The van der Waals surface area contributed by atoms with Crippen molar-refractivity contribution in [3.63, 3.8) is 0 Å². The Morgan fingerprint density at radius 1 is 1.11 bits per heavy atom. The van der Waals surface area contributed by atoms with Gasteiger partial charge in [0.2, 0.25) is 0 Å². The van der Waals surface area contributed by atoms with E-state index in [0.29, 0.717) is 6.04 Å². The van der Waals surface area contributed by atoms with Crippen molar-refractivity contribution in [3.8, 4) is 0 Å². The van der Waals surface area contributed by atoms with E-state index in [-0.39, 0.29) is 6.03 Å². The van der Waals surface area contributed by atoms with Crippen molar-refractivity contribution in [2.45, 2.75) is 52.5 Å². The van der Waals surface area contributed by atoms with E-state index in [0.717, 1.165) is 45.3 Å². The molecule has 0 rings (SSSR count). The minimum absolute atomic E-state index is 0.0562. The van der Waals surface area contributed by atoms with Crippen LogP contribution in [0.25, 0.3) is 0 Å². The van der Waals surface area contributed by atoms with E-state index in [9.17, 15) is 4.79 Å². The minimum Gasteiger partial charge on any atom is -0.338 e. The van der Waals surface area contributed by atoms with Gasteiger partial charge in [-0.3, -0.25) is 0 Å². The zero-order valence-electron chi connectivity index (χ0n) is 12.8. The Labute approximate surface area is 113 Å². The molecule has 0 saturated heterocycles. The second-order valence-electron chi connectivity index (χ2n) is 5.29. The van der Waals surface area contributed by atoms with Gasteiger partial charge in [-0.15, -0.1) is 0 Å². The van der Waals surface area contributed by atoms with E-state index < -0.39 is 0 Å². The molecule has 108 valence electrons. The standard InChI is InChI=1S/C14H31N3O/c1-6-7-11-17(5)14(18)15-10-8-9-12-16(4)13(2)3/h13H,6-12H2,1-5H3,(H,15,18). The van der Waals surface area contributed by atoms with Crippen molar-refractivity contribution in [2.75, 3.05) is 33.7 Å². The summed E-state index contributed by atoms with van der Waals surface area (Å²) in [5.74, 6) is 0. The summed E-state index contributed by atoms with van der Waals surface area (Å²) >= 11 is 0. The number of amides is 2. The van der Waals surface area contributed by atoms with Crippen LogP contribution in [0.4, 0.5) is 4.79 Å². The molecule has 0 aliphatic heterocycles. The first-order valence-electron chi connectivity index (χ1n) is 7.18. The van der Waals surface area contributed by atoms with Gasteiger partial charge in [0, 0.05) is 26.2 Å². The van der Waals surface area contributed by atoms with Crippen molar-refractivity contribution in [2.24, 2.45) is 0 Å². The Bertz CT molecular complexity index is 219. The second kappa shape index (κ2) is 10.2. The predicted molar refractivity (Wildman–Crippen MR) is 77.9 cm³/mol. The molecule has 1 N–H and O–H groups in total. The summed E-state index contributed by atoms with van der Waals surface area (Å²) in [5.41, 5.74) is 0. The van der Waals surface area contributed by atoms with Gasteiger partial charge >= 0.3 is 6.03 Å². The number of rotatable bonds is 9. The molecule has 0 aromatic rings. The van der Waals surface area contributed by atoms with Crippen molar-refractivity contribution in [1.29, 1.82) is 0 Å². The first-order chi connectivity index (χ1) is 8.49. The monoisotopic (exact) mass is 257 g/mol. The lowest BCUT2D eigenvalue weighted by molar-refractivity contribution is 0.207. The van der Waals surface area contributed by atoms with Gasteiger partial charge in [0.1, 0.15) is 0 Å². The molecule has 0 aliphatic carbocycles. The molecule has 4 nitrogen and oxygen atoms in total. The highest BCUT2D eigenvalue weighted by atomic mass is 16.2. The number of urea groups is 1. The maximum atomic E-state index is 11.7. The highest BCUT2D eigenvalue weighted by Gasteiger charge is 2.06. The van der Waals surface area contributed by atoms with E-state index in [2.05, 4.69) is 38.0 Å². The van der Waals surface area contributed by atoms with Crippen LogP contribution >= 0.6 is 0 Å². The van der Waals surface area contributed by atoms with Gasteiger partial charge in [0.25, 0.3) is 0 Å². The normalized spacial score (nSPS) is 11.1. The summed E-state index contributed by atoms with van der Waals surface area (Å²) in [6, 6.07) is 0.653. The number of nitrogens with one attached hydrogen (secondary N) is 1. The quantitative estimate of drug-likeness (QED) is 0.644. The Kier molecular flexibility index (Phi) is 9.74. The molecule has 0 bridgehead atoms. The molecule has 0 radical (unpaired) electrons. The Balaban J connectivity index is 3.51. The van der Waals surface area contributed by atoms with Gasteiger partial charge in [-0.25, -0.2) is 4.79 Å². The van der Waals surface area contributed by atoms with Crippen molar-refractivity contribution in [3.05, 3.63) is 0 Å². The first kappa shape index (κ1) is 17.2. The lowest BCUT2D eigenvalue weighted by atomic mass is 10.2. The van der Waals surface area contributed by atoms with Gasteiger partial charge in [-0.1, -0.05) is 13.3 Å². The molecule has 0 aromatic carbocycles. The zero-order chi connectivity index (χ0) is 14.0. The maximum Gasteiger partial charge on any atom is 0.317 e. The van der Waals surface area contributed by atoms with E-state index in [1.807, 2.05) is 7.05 Å². The van der Waals surface area contributed by atoms with Crippen LogP contribution in [0.15, 0.2) is 0 Å². The molecule has 0 aliphatic rings. The van der Waals surface area contributed by atoms with E-state index in [1.165, 1.54) is 0 Å². The van der Waals surface area contributed by atoms with Gasteiger partial charge in [0.15, 0.2) is 0 Å². The number of nitrogens with zero attached hydrogens (tertiary/aromatic N) is 2. The highest BCUT2D eigenvalue weighted by Crippen LogP contribution is 1.98. The molecule has 0 aromatic heterocycles. The third-order valence-corrected chi connectivity index (χ3v) is 3.29. The van der Waals surface area contributed by atoms with Crippen LogP contribution in [-0.4, -0.2) is 55.6 Å². The van der Waals surface area contributed by atoms with E-state index in [1.54, 1.807) is 4.90 Å². The third-order valence-electron chi connectivity index (χ3n) is 3.29. The first-order valence-corrected chi connectivity index (χ1v) is 7.18. The number of carbonyl (C=O) groups is 1. The molecule has 0 unspecified atom stereocenters. The Hall–Kier alpha value is -0.770. The van der Waals surface area contributed by atoms with Crippen LogP contribution in [0.5, 0.6) is 0 Å². The summed E-state index contributed by atoms with van der Waals surface area (Å²) in [4.78, 5) is 15.8. The number of hydrogen-bond acceptors (Lipinski definition) is 2. The average molecular weight is 257 g/mol. The van der Waals surface area contributed by atoms with Gasteiger partial charge in [-0.05, 0) is 46.7 Å². The number of unbranched alkanes of at least 4 members (excludes halogenated alkanes) is 2. The number of carbonyl (C=O) groups excluding carboxylic acids is 1. The van der Waals surface area contributed by atoms with Crippen LogP contribution in [0, 0.1) is 0 Å². The topological polar surface area (TPSA) is 35.6 Å². The summed E-state index contributed by atoms with van der Waals surface area (Å²) in [7, 11) is 4.00. The van der Waals surface area contributed by atoms with Gasteiger partial charge in [-0.2, -0.15) is 0 Å². The summed E-state index contributed by atoms with van der Waals surface area (Å²) in [6.45, 7) is 9.25. The summed E-state index contributed by atoms with van der Waals surface area (Å²) in [6.07, 6.45) is 4.38. The second-order valence-corrected chi connectivity index (χ2v) is 5.29. The fourth-order valence-electron chi connectivity index (χ4n) is 1.57. The molecule has 4 heteroatoms. The van der Waals surface area contributed by atoms with Crippen LogP contribution in [0.2, 0.25) is 0 Å². The molecule has 0 fully saturated rings. The average Bonchev–Trinajstić information content (AvgIpc) is 2.34. The highest BCUT2D eigenvalue weighted by molar-refractivity contribution is 5.73. The van der Waals surface area contributed by atoms with Gasteiger partial charge in [0.05, 0.1) is 0 Å². The maximum absolute atomic E-state index is 11.7. The molecule has 18 heavy (non-hydrogen) atoms. The van der Waals surface area contributed by atoms with E-state index >= 15 is 0 Å². The lowest BCUT2D eigenvalue weighted by Crippen LogP contribution is -2.38. The molecule has 0 spiro atoms. The van der Waals surface area contributed by atoms with Crippen LogP contribution in [-0.2, 0) is 0 Å². The fourth-order valence-corrected chi connectivity index (χ4v) is 1.57. The SMILES string of the molecule is CCCCN(C)C(=O)NCCCCN(C)C(C)C. The van der Waals surface area contributed by atoms with E-state index in [4.69, 9.17) is 0 Å². The Morgan fingerprint density at radius 2 is 1.78 bits per heavy atom. The smallest absolute Gasteiger partial charge is 0.317 e. The summed E-state index contributed by atoms with van der Waals surface area (Å²) in [5, 5.41) is 2.96. The lowest BCUT2D eigenvalue weighted by Gasteiger charge is -2.21. The molecule has 0 saturated carbocycles. The molecule has 0 atom stereocenters. The minimum atomic E-state index is 0.0562. The van der Waals surface area contributed by atoms with Gasteiger partial charge < -0.3 is 15.1 Å². The fraction of sp³-hybridized carbons (Fsp3) is 0.929.